The highest BCUT2D eigenvalue weighted by atomic mass is 16.3. The third kappa shape index (κ3) is 4.94. The average Bonchev–Trinajstić information content (AvgIpc) is 3.06. The Morgan fingerprint density at radius 3 is 2.44 bits per heavy atom. The number of carbonyl (C=O) groups excluding carboxylic acids is 1. The van der Waals surface area contributed by atoms with Gasteiger partial charge in [0.05, 0.1) is 0 Å². The third-order valence-corrected chi connectivity index (χ3v) is 4.70. The lowest BCUT2D eigenvalue weighted by molar-refractivity contribution is 0.0949. The van der Waals surface area contributed by atoms with Crippen LogP contribution in [0.25, 0.3) is 11.3 Å². The number of nitrogens with one attached hydrogen (secondary N) is 1. The fraction of sp³-hybridized carbons (Fsp3) is 0.450. The molecule has 1 aliphatic heterocycles. The van der Waals surface area contributed by atoms with Crippen molar-refractivity contribution in [2.45, 2.75) is 13.3 Å². The van der Waals surface area contributed by atoms with Crippen LogP contribution in [0, 0.1) is 6.92 Å². The lowest BCUT2D eigenvalue weighted by atomic mass is 10.1. The van der Waals surface area contributed by atoms with Crippen LogP contribution in [-0.2, 0) is 0 Å². The average molecular weight is 341 g/mol. The van der Waals surface area contributed by atoms with E-state index < -0.39 is 0 Å². The summed E-state index contributed by atoms with van der Waals surface area (Å²) in [5.74, 6) is 1.70. The van der Waals surface area contributed by atoms with Gasteiger partial charge in [0.2, 0.25) is 0 Å². The molecule has 0 aliphatic carbocycles. The molecule has 0 bridgehead atoms. The van der Waals surface area contributed by atoms with Crippen molar-refractivity contribution < 1.29 is 9.21 Å². The van der Waals surface area contributed by atoms with E-state index in [1.807, 2.05) is 43.3 Å². The Morgan fingerprint density at radius 2 is 1.80 bits per heavy atom. The van der Waals surface area contributed by atoms with E-state index in [0.29, 0.717) is 12.1 Å². The molecule has 134 valence electrons. The minimum atomic E-state index is -0.0134. The Balaban J connectivity index is 1.42. The van der Waals surface area contributed by atoms with Crippen molar-refractivity contribution in [1.29, 1.82) is 0 Å². The lowest BCUT2D eigenvalue weighted by Gasteiger charge is -2.32. The van der Waals surface area contributed by atoms with Crippen molar-refractivity contribution in [1.82, 2.24) is 15.1 Å². The highest BCUT2D eigenvalue weighted by Gasteiger charge is 2.13. The van der Waals surface area contributed by atoms with Gasteiger partial charge in [0.15, 0.2) is 0 Å². The summed E-state index contributed by atoms with van der Waals surface area (Å²) in [6.07, 6.45) is 0.985. The highest BCUT2D eigenvalue weighted by molar-refractivity contribution is 5.94. The maximum atomic E-state index is 12.2. The molecule has 25 heavy (non-hydrogen) atoms. The minimum Gasteiger partial charge on any atom is -0.461 e. The molecule has 1 N–H and O–H groups in total. The van der Waals surface area contributed by atoms with Crippen LogP contribution >= 0.6 is 0 Å². The van der Waals surface area contributed by atoms with Crippen molar-refractivity contribution in [3.8, 4) is 11.3 Å². The van der Waals surface area contributed by atoms with Crippen LogP contribution in [-0.4, -0.2) is 62.0 Å². The molecular weight excluding hydrogens is 314 g/mol. The molecule has 2 aromatic rings. The van der Waals surface area contributed by atoms with Crippen molar-refractivity contribution in [2.75, 3.05) is 46.3 Å². The van der Waals surface area contributed by atoms with Crippen LogP contribution in [0.15, 0.2) is 40.8 Å². The topological polar surface area (TPSA) is 48.7 Å². The van der Waals surface area contributed by atoms with E-state index in [1.54, 1.807) is 0 Å². The van der Waals surface area contributed by atoms with E-state index in [9.17, 15) is 4.79 Å². The summed E-state index contributed by atoms with van der Waals surface area (Å²) in [4.78, 5) is 17.1. The van der Waals surface area contributed by atoms with Gasteiger partial charge in [0.1, 0.15) is 11.5 Å². The van der Waals surface area contributed by atoms with Gasteiger partial charge in [0, 0.05) is 43.9 Å². The molecule has 3 rings (SSSR count). The first-order valence-corrected chi connectivity index (χ1v) is 8.98. The Bertz CT molecular complexity index is 685. The highest BCUT2D eigenvalue weighted by Crippen LogP contribution is 2.22. The molecule has 1 aliphatic rings. The van der Waals surface area contributed by atoms with Gasteiger partial charge in [-0.25, -0.2) is 0 Å². The predicted octanol–water partition coefficient (Wildman–Crippen LogP) is 2.62. The minimum absolute atomic E-state index is 0.0134. The number of amides is 1. The van der Waals surface area contributed by atoms with Gasteiger partial charge < -0.3 is 19.5 Å². The van der Waals surface area contributed by atoms with E-state index in [1.165, 1.54) is 0 Å². The monoisotopic (exact) mass is 341 g/mol. The molecule has 1 aromatic heterocycles. The fourth-order valence-electron chi connectivity index (χ4n) is 3.05. The fourth-order valence-corrected chi connectivity index (χ4v) is 3.05. The Morgan fingerprint density at radius 1 is 1.08 bits per heavy atom. The summed E-state index contributed by atoms with van der Waals surface area (Å²) in [5.41, 5.74) is 1.67. The molecule has 1 saturated heterocycles. The van der Waals surface area contributed by atoms with E-state index in [0.717, 1.165) is 56.2 Å². The number of nitrogens with zero attached hydrogens (tertiary/aromatic N) is 2. The molecule has 5 nitrogen and oxygen atoms in total. The Hall–Kier alpha value is -2.11. The summed E-state index contributed by atoms with van der Waals surface area (Å²) in [6, 6.07) is 11.4. The molecule has 1 fully saturated rings. The molecule has 0 atom stereocenters. The van der Waals surface area contributed by atoms with Crippen molar-refractivity contribution in [2.24, 2.45) is 0 Å². The maximum absolute atomic E-state index is 12.2. The molecule has 0 saturated carbocycles. The number of carbonyl (C=O) groups is 1. The number of likely N-dealkylation sites (N-methyl/N-ethyl adjacent to an activating group) is 1. The molecular formula is C20H27N3O2. The van der Waals surface area contributed by atoms with Gasteiger partial charge in [-0.15, -0.1) is 0 Å². The van der Waals surface area contributed by atoms with Crippen LogP contribution in [0.3, 0.4) is 0 Å². The van der Waals surface area contributed by atoms with E-state index in [2.05, 4.69) is 22.2 Å². The van der Waals surface area contributed by atoms with Gasteiger partial charge in [-0.3, -0.25) is 4.79 Å². The second-order valence-electron chi connectivity index (χ2n) is 6.74. The predicted molar refractivity (Wildman–Crippen MR) is 99.8 cm³/mol. The normalized spacial score (nSPS) is 16.1. The van der Waals surface area contributed by atoms with Crippen LogP contribution in [0.2, 0.25) is 0 Å². The van der Waals surface area contributed by atoms with Gasteiger partial charge in [0.25, 0.3) is 5.91 Å². The zero-order valence-electron chi connectivity index (χ0n) is 15.1. The number of aryl methyl sites for hydroxylation is 1. The summed E-state index contributed by atoms with van der Waals surface area (Å²) in [7, 11) is 2.16. The number of benzene rings is 1. The van der Waals surface area contributed by atoms with Gasteiger partial charge in [-0.1, -0.05) is 12.1 Å². The number of hydrogen-bond donors (Lipinski definition) is 1. The second-order valence-corrected chi connectivity index (χ2v) is 6.74. The largest absolute Gasteiger partial charge is 0.461 e. The van der Waals surface area contributed by atoms with E-state index >= 15 is 0 Å². The first kappa shape index (κ1) is 17.7. The summed E-state index contributed by atoms with van der Waals surface area (Å²) >= 11 is 0. The standard InChI is InChI=1S/C20H27N3O2/c1-16-4-9-19(25-16)17-5-7-18(8-6-17)20(24)21-10-3-11-23-14-12-22(2)13-15-23/h4-9H,3,10-15H2,1-2H3,(H,21,24). The molecule has 1 amide bonds. The number of piperazine rings is 1. The Labute approximate surface area is 149 Å². The maximum Gasteiger partial charge on any atom is 0.251 e. The van der Waals surface area contributed by atoms with Gasteiger partial charge >= 0.3 is 0 Å². The summed E-state index contributed by atoms with van der Waals surface area (Å²) < 4.78 is 5.61. The zero-order chi connectivity index (χ0) is 17.6. The third-order valence-electron chi connectivity index (χ3n) is 4.70. The lowest BCUT2D eigenvalue weighted by Crippen LogP contribution is -2.45. The summed E-state index contributed by atoms with van der Waals surface area (Å²) in [5, 5.41) is 3.01. The summed E-state index contributed by atoms with van der Waals surface area (Å²) in [6.45, 7) is 8.20. The van der Waals surface area contributed by atoms with Crippen molar-refractivity contribution in [3.05, 3.63) is 47.7 Å². The molecule has 2 heterocycles. The number of hydrogen-bond acceptors (Lipinski definition) is 4. The SMILES string of the molecule is Cc1ccc(-c2ccc(C(=O)NCCCN3CCN(C)CC3)cc2)o1. The molecule has 0 radical (unpaired) electrons. The number of furan rings is 1. The van der Waals surface area contributed by atoms with Crippen molar-refractivity contribution in [3.63, 3.8) is 0 Å². The molecule has 5 heteroatoms. The van der Waals surface area contributed by atoms with Gasteiger partial charge in [-0.2, -0.15) is 0 Å². The molecule has 0 unspecified atom stereocenters. The smallest absolute Gasteiger partial charge is 0.251 e. The quantitative estimate of drug-likeness (QED) is 0.821. The first-order chi connectivity index (χ1) is 12.1. The molecule has 1 aromatic carbocycles. The second kappa shape index (κ2) is 8.32. The van der Waals surface area contributed by atoms with E-state index in [-0.39, 0.29) is 5.91 Å². The van der Waals surface area contributed by atoms with E-state index in [4.69, 9.17) is 4.42 Å². The first-order valence-electron chi connectivity index (χ1n) is 8.98. The van der Waals surface area contributed by atoms with Crippen LogP contribution in [0.5, 0.6) is 0 Å². The Kier molecular flexibility index (Phi) is 5.89. The van der Waals surface area contributed by atoms with Gasteiger partial charge in [-0.05, 0) is 51.2 Å². The zero-order valence-corrected chi connectivity index (χ0v) is 15.1. The molecule has 0 spiro atoms. The van der Waals surface area contributed by atoms with Crippen LogP contribution < -0.4 is 5.32 Å². The van der Waals surface area contributed by atoms with Crippen molar-refractivity contribution >= 4 is 5.91 Å². The van der Waals surface area contributed by atoms with Crippen LogP contribution in [0.1, 0.15) is 22.5 Å². The number of rotatable bonds is 6. The van der Waals surface area contributed by atoms with Crippen LogP contribution in [0.4, 0.5) is 0 Å².